The number of aliphatic carboxylic acids is 1. The highest BCUT2D eigenvalue weighted by Crippen LogP contribution is 2.27. The average molecular weight is 527 g/mol. The second-order valence-electron chi connectivity index (χ2n) is 6.06. The van der Waals surface area contributed by atoms with E-state index in [1.807, 2.05) is 0 Å². The van der Waals surface area contributed by atoms with Gasteiger partial charge >= 0.3 is 16.3 Å². The van der Waals surface area contributed by atoms with Crippen molar-refractivity contribution in [2.24, 2.45) is 5.16 Å². The van der Waals surface area contributed by atoms with Crippen LogP contribution in [0.3, 0.4) is 0 Å². The first-order valence-electron chi connectivity index (χ1n) is 8.71. The van der Waals surface area contributed by atoms with Gasteiger partial charge in [-0.05, 0) is 0 Å². The molecule has 3 amide bonds. The Morgan fingerprint density at radius 1 is 1.39 bits per heavy atom. The molecule has 1 aliphatic rings. The van der Waals surface area contributed by atoms with Crippen LogP contribution >= 0.6 is 23.1 Å². The number of thiazole rings is 1. The van der Waals surface area contributed by atoms with Crippen molar-refractivity contribution in [3.63, 3.8) is 0 Å². The first-order valence-corrected chi connectivity index (χ1v) is 12.0. The molecule has 0 saturated carbocycles. The number of carboxylic acid groups (broad SMARTS) is 1. The fraction of sp³-hybridized carbons (Fsp3) is 0.429. The van der Waals surface area contributed by atoms with Crippen molar-refractivity contribution in [2.75, 3.05) is 31.2 Å². The number of hydrogen-bond donors (Lipinski definition) is 6. The number of nitrogens with two attached hydrogens (primary N) is 1. The molecule has 7 N–H and O–H groups in total. The number of carbonyl (C=O) groups is 4. The number of thioether (sulfide) groups is 1. The maximum atomic E-state index is 12.7. The third-order valence-electron chi connectivity index (χ3n) is 3.79. The van der Waals surface area contributed by atoms with Gasteiger partial charge in [-0.2, -0.15) is 8.42 Å². The van der Waals surface area contributed by atoms with E-state index in [2.05, 4.69) is 25.6 Å². The van der Waals surface area contributed by atoms with Crippen LogP contribution in [0.15, 0.2) is 10.5 Å². The van der Waals surface area contributed by atoms with Crippen LogP contribution in [-0.2, 0) is 29.5 Å². The normalized spacial score (nSPS) is 18.4. The Morgan fingerprint density at radius 2 is 2.09 bits per heavy atom. The molecule has 0 spiro atoms. The second-order valence-corrected chi connectivity index (χ2v) is 9.23. The third-order valence-corrected chi connectivity index (χ3v) is 6.33. The SMILES string of the molecule is Nc1nc(/C(=N\OCC(=O)O)C(=O)N[C@@H]2C(=O)N(S(=O)(=O)O)[C@@H]2CSC(=O)NCCO)cs1. The molecule has 0 radical (unpaired) electrons. The Hall–Kier alpha value is -3.00. The molecule has 2 atom stereocenters. The standard InChI is InChI=1S/C14H18N6O10S3/c15-13-17-6(4-31-13)9(19-30-3-8(22)23)11(24)18-10-7(5-32-14(26)16-1-2-21)20(12(10)25)33(27,28)29/h4,7,10,21H,1-3,5H2,(H2,15,17)(H,16,26)(H,18,24)(H,22,23)(H,27,28,29)/b19-9+/t7-,10+/m1/s1. The number of nitrogens with one attached hydrogen (secondary N) is 2. The van der Waals surface area contributed by atoms with E-state index >= 15 is 0 Å². The van der Waals surface area contributed by atoms with Crippen molar-refractivity contribution in [3.8, 4) is 0 Å². The molecule has 0 unspecified atom stereocenters. The topological polar surface area (TPSA) is 251 Å². The van der Waals surface area contributed by atoms with Crippen LogP contribution in [-0.4, -0.2) is 98.8 Å². The summed E-state index contributed by atoms with van der Waals surface area (Å²) in [5.74, 6) is -4.00. The summed E-state index contributed by atoms with van der Waals surface area (Å²) in [5.41, 5.74) is 4.87. The van der Waals surface area contributed by atoms with Gasteiger partial charge in [0.1, 0.15) is 11.7 Å². The summed E-state index contributed by atoms with van der Waals surface area (Å²) in [5, 5.41) is 26.0. The van der Waals surface area contributed by atoms with E-state index in [9.17, 15) is 32.1 Å². The smallest absolute Gasteiger partial charge is 0.362 e. The fourth-order valence-electron chi connectivity index (χ4n) is 2.46. The molecule has 1 aromatic rings. The summed E-state index contributed by atoms with van der Waals surface area (Å²) in [6.45, 7) is -1.29. The van der Waals surface area contributed by atoms with Gasteiger partial charge in [-0.1, -0.05) is 16.9 Å². The molecule has 2 rings (SSSR count). The van der Waals surface area contributed by atoms with Gasteiger partial charge < -0.3 is 31.4 Å². The van der Waals surface area contributed by atoms with Gasteiger partial charge in [0.2, 0.25) is 6.61 Å². The van der Waals surface area contributed by atoms with Gasteiger partial charge in [-0.3, -0.25) is 18.9 Å². The summed E-state index contributed by atoms with van der Waals surface area (Å²) < 4.78 is 32.5. The Kier molecular flexibility index (Phi) is 8.93. The van der Waals surface area contributed by atoms with E-state index in [0.29, 0.717) is 11.8 Å². The Balaban J connectivity index is 2.20. The molecule has 2 heterocycles. The summed E-state index contributed by atoms with van der Waals surface area (Å²) >= 11 is 1.48. The molecule has 16 nitrogen and oxygen atoms in total. The molecule has 0 aliphatic carbocycles. The molecule has 182 valence electrons. The number of rotatable bonds is 11. The lowest BCUT2D eigenvalue weighted by atomic mass is 10.0. The van der Waals surface area contributed by atoms with Gasteiger partial charge in [0.15, 0.2) is 10.8 Å². The number of hydrogen-bond acceptors (Lipinski definition) is 13. The van der Waals surface area contributed by atoms with E-state index < -0.39 is 57.7 Å². The highest BCUT2D eigenvalue weighted by molar-refractivity contribution is 8.13. The van der Waals surface area contributed by atoms with Gasteiger partial charge in [0.25, 0.3) is 17.1 Å². The van der Waals surface area contributed by atoms with Crippen LogP contribution < -0.4 is 16.4 Å². The number of aliphatic hydroxyl groups excluding tert-OH is 1. The molecule has 33 heavy (non-hydrogen) atoms. The first-order chi connectivity index (χ1) is 15.5. The predicted octanol–water partition coefficient (Wildman–Crippen LogP) is -2.54. The number of aliphatic hydroxyl groups is 1. The van der Waals surface area contributed by atoms with Gasteiger partial charge in [-0.15, -0.1) is 11.3 Å². The summed E-state index contributed by atoms with van der Waals surface area (Å²) in [4.78, 5) is 55.7. The van der Waals surface area contributed by atoms with E-state index in [1.54, 1.807) is 0 Å². The molecule has 0 bridgehead atoms. The second kappa shape index (κ2) is 11.2. The number of nitrogen functional groups attached to an aromatic ring is 1. The van der Waals surface area contributed by atoms with Gasteiger partial charge in [0.05, 0.1) is 12.6 Å². The highest BCUT2D eigenvalue weighted by Gasteiger charge is 2.54. The number of anilines is 1. The summed E-state index contributed by atoms with van der Waals surface area (Å²) in [6.07, 6.45) is 0. The number of carbonyl (C=O) groups excluding carboxylic acids is 3. The van der Waals surface area contributed by atoms with Gasteiger partial charge in [0, 0.05) is 17.7 Å². The minimum atomic E-state index is -4.99. The Morgan fingerprint density at radius 3 is 2.64 bits per heavy atom. The lowest BCUT2D eigenvalue weighted by molar-refractivity contribution is -0.143. The number of oxime groups is 1. The number of carboxylic acids is 1. The van der Waals surface area contributed by atoms with Crippen LogP contribution in [0.25, 0.3) is 0 Å². The predicted molar refractivity (Wildman–Crippen MR) is 114 cm³/mol. The van der Waals surface area contributed by atoms with Crippen molar-refractivity contribution in [1.29, 1.82) is 0 Å². The molecular formula is C14H18N6O10S3. The van der Waals surface area contributed by atoms with Crippen molar-refractivity contribution < 1.29 is 47.2 Å². The lowest BCUT2D eigenvalue weighted by Crippen LogP contribution is -2.73. The molecular weight excluding hydrogens is 508 g/mol. The first kappa shape index (κ1) is 26.3. The summed E-state index contributed by atoms with van der Waals surface area (Å²) in [7, 11) is -4.99. The summed E-state index contributed by atoms with van der Waals surface area (Å²) in [6, 6.07) is -2.83. The van der Waals surface area contributed by atoms with Crippen LogP contribution in [0.2, 0.25) is 0 Å². The quantitative estimate of drug-likeness (QED) is 0.0753. The molecule has 0 aromatic carbocycles. The third kappa shape index (κ3) is 6.99. The zero-order chi connectivity index (χ0) is 24.8. The Labute approximate surface area is 194 Å². The molecule has 1 aliphatic heterocycles. The van der Waals surface area contributed by atoms with Gasteiger partial charge in [-0.25, -0.2) is 14.1 Å². The zero-order valence-electron chi connectivity index (χ0n) is 16.4. The molecule has 1 aromatic heterocycles. The zero-order valence-corrected chi connectivity index (χ0v) is 18.9. The Bertz CT molecular complexity index is 1060. The minimum Gasteiger partial charge on any atom is -0.479 e. The fourth-order valence-corrected chi connectivity index (χ4v) is 4.85. The molecule has 19 heteroatoms. The van der Waals surface area contributed by atoms with Crippen LogP contribution in [0, 0.1) is 0 Å². The molecule has 1 saturated heterocycles. The van der Waals surface area contributed by atoms with Crippen LogP contribution in [0.4, 0.5) is 9.93 Å². The monoisotopic (exact) mass is 526 g/mol. The van der Waals surface area contributed by atoms with Crippen LogP contribution in [0.1, 0.15) is 5.69 Å². The largest absolute Gasteiger partial charge is 0.479 e. The lowest BCUT2D eigenvalue weighted by Gasteiger charge is -2.43. The molecule has 1 fully saturated rings. The van der Waals surface area contributed by atoms with E-state index in [-0.39, 0.29) is 34.0 Å². The number of nitrogens with zero attached hydrogens (tertiary/aromatic N) is 3. The maximum absolute atomic E-state index is 12.7. The number of amides is 3. The highest BCUT2D eigenvalue weighted by atomic mass is 32.2. The minimum absolute atomic E-state index is 0.0455. The van der Waals surface area contributed by atoms with E-state index in [0.717, 1.165) is 11.3 Å². The van der Waals surface area contributed by atoms with Crippen molar-refractivity contribution >= 4 is 67.3 Å². The van der Waals surface area contributed by atoms with E-state index in [1.165, 1.54) is 5.38 Å². The number of β-lactam (4-membered cyclic amide) rings is 1. The van der Waals surface area contributed by atoms with E-state index in [4.69, 9.17) is 15.9 Å². The van der Waals surface area contributed by atoms with Crippen molar-refractivity contribution in [2.45, 2.75) is 12.1 Å². The van der Waals surface area contributed by atoms with Crippen LogP contribution in [0.5, 0.6) is 0 Å². The van der Waals surface area contributed by atoms with Crippen molar-refractivity contribution in [3.05, 3.63) is 11.1 Å². The maximum Gasteiger partial charge on any atom is 0.362 e. The van der Waals surface area contributed by atoms with Crippen molar-refractivity contribution in [1.82, 2.24) is 19.9 Å². The average Bonchev–Trinajstić information content (AvgIpc) is 3.14. The number of aromatic nitrogens is 1.